The van der Waals surface area contributed by atoms with Gasteiger partial charge in [-0.05, 0) is 30.2 Å². The Bertz CT molecular complexity index is 575. The summed E-state index contributed by atoms with van der Waals surface area (Å²) in [7, 11) is 0. The zero-order valence-corrected chi connectivity index (χ0v) is 11.4. The molecule has 0 bridgehead atoms. The van der Waals surface area contributed by atoms with Gasteiger partial charge in [0.05, 0.1) is 5.56 Å². The quantitative estimate of drug-likeness (QED) is 0.872. The van der Waals surface area contributed by atoms with Crippen molar-refractivity contribution in [2.45, 2.75) is 26.9 Å². The Labute approximate surface area is 116 Å². The Balaban J connectivity index is 1.91. The highest BCUT2D eigenvalue weighted by molar-refractivity contribution is 5.87. The van der Waals surface area contributed by atoms with Gasteiger partial charge in [-0.2, -0.15) is 4.98 Å². The Morgan fingerprint density at radius 2 is 2.05 bits per heavy atom. The zero-order chi connectivity index (χ0) is 14.5. The van der Waals surface area contributed by atoms with Gasteiger partial charge in [0.2, 0.25) is 0 Å². The maximum Gasteiger partial charge on any atom is 0.335 e. The zero-order valence-electron chi connectivity index (χ0n) is 11.4. The van der Waals surface area contributed by atoms with Crippen molar-refractivity contribution in [2.24, 2.45) is 5.92 Å². The average Bonchev–Trinajstić information content (AvgIpc) is 2.83. The number of ether oxygens (including phenoxy) is 1. The lowest BCUT2D eigenvalue weighted by molar-refractivity contribution is 0.0697. The van der Waals surface area contributed by atoms with E-state index in [0.29, 0.717) is 23.4 Å². The molecule has 0 fully saturated rings. The van der Waals surface area contributed by atoms with Crippen molar-refractivity contribution in [3.8, 4) is 5.75 Å². The highest BCUT2D eigenvalue weighted by Crippen LogP contribution is 2.14. The fraction of sp³-hybridized carbons (Fsp3) is 0.357. The SMILES string of the molecule is CC(C)Cc1noc(COc2ccc(C(=O)O)cc2)n1. The fourth-order valence-electron chi connectivity index (χ4n) is 1.64. The van der Waals surface area contributed by atoms with Gasteiger partial charge in [-0.1, -0.05) is 19.0 Å². The lowest BCUT2D eigenvalue weighted by Gasteiger charge is -2.03. The van der Waals surface area contributed by atoms with Gasteiger partial charge in [0.1, 0.15) is 5.75 Å². The molecule has 1 heterocycles. The van der Waals surface area contributed by atoms with Crippen molar-refractivity contribution in [2.75, 3.05) is 0 Å². The van der Waals surface area contributed by atoms with Gasteiger partial charge in [-0.25, -0.2) is 4.79 Å². The summed E-state index contributed by atoms with van der Waals surface area (Å²) in [5, 5.41) is 12.6. The molecular weight excluding hydrogens is 260 g/mol. The van der Waals surface area contributed by atoms with Crippen LogP contribution in [-0.4, -0.2) is 21.2 Å². The molecule has 106 valence electrons. The highest BCUT2D eigenvalue weighted by atomic mass is 16.5. The molecule has 0 atom stereocenters. The van der Waals surface area contributed by atoms with Crippen LogP contribution in [0.4, 0.5) is 0 Å². The number of carbonyl (C=O) groups is 1. The molecule has 0 unspecified atom stereocenters. The fourth-order valence-corrected chi connectivity index (χ4v) is 1.64. The molecule has 1 aromatic carbocycles. The number of hydrogen-bond donors (Lipinski definition) is 1. The van der Waals surface area contributed by atoms with Crippen molar-refractivity contribution >= 4 is 5.97 Å². The summed E-state index contributed by atoms with van der Waals surface area (Å²) in [5.74, 6) is 1.12. The Morgan fingerprint density at radius 1 is 1.35 bits per heavy atom. The number of rotatable bonds is 6. The van der Waals surface area contributed by atoms with Gasteiger partial charge in [-0.15, -0.1) is 0 Å². The van der Waals surface area contributed by atoms with Gasteiger partial charge < -0.3 is 14.4 Å². The molecule has 1 N–H and O–H groups in total. The topological polar surface area (TPSA) is 85.5 Å². The summed E-state index contributed by atoms with van der Waals surface area (Å²) in [5.41, 5.74) is 0.217. The second-order valence-corrected chi connectivity index (χ2v) is 4.82. The van der Waals surface area contributed by atoms with Gasteiger partial charge in [-0.3, -0.25) is 0 Å². The monoisotopic (exact) mass is 276 g/mol. The molecule has 0 saturated carbocycles. The second-order valence-electron chi connectivity index (χ2n) is 4.82. The van der Waals surface area contributed by atoms with E-state index >= 15 is 0 Å². The summed E-state index contributed by atoms with van der Waals surface area (Å²) in [4.78, 5) is 14.9. The van der Waals surface area contributed by atoms with E-state index < -0.39 is 5.97 Å². The molecule has 6 nitrogen and oxygen atoms in total. The molecule has 0 radical (unpaired) electrons. The van der Waals surface area contributed by atoms with Crippen molar-refractivity contribution in [1.29, 1.82) is 0 Å². The van der Waals surface area contributed by atoms with Crippen LogP contribution in [0.2, 0.25) is 0 Å². The number of aromatic carboxylic acids is 1. The lowest BCUT2D eigenvalue weighted by Crippen LogP contribution is -1.99. The standard InChI is InChI=1S/C14H16N2O4/c1-9(2)7-12-15-13(20-16-12)8-19-11-5-3-10(4-6-11)14(17)18/h3-6,9H,7-8H2,1-2H3,(H,17,18). The normalized spacial score (nSPS) is 10.8. The molecule has 2 rings (SSSR count). The molecule has 0 amide bonds. The molecule has 0 saturated heterocycles. The first kappa shape index (κ1) is 14.0. The predicted molar refractivity (Wildman–Crippen MR) is 70.6 cm³/mol. The van der Waals surface area contributed by atoms with Crippen LogP contribution in [0.5, 0.6) is 5.75 Å². The van der Waals surface area contributed by atoms with E-state index in [1.807, 2.05) is 0 Å². The lowest BCUT2D eigenvalue weighted by atomic mass is 10.1. The van der Waals surface area contributed by atoms with Crippen molar-refractivity contribution in [1.82, 2.24) is 10.1 Å². The van der Waals surface area contributed by atoms with Crippen LogP contribution in [-0.2, 0) is 13.0 Å². The number of nitrogens with zero attached hydrogens (tertiary/aromatic N) is 2. The molecule has 1 aromatic heterocycles. The van der Waals surface area contributed by atoms with Crippen LogP contribution < -0.4 is 4.74 Å². The third-order valence-electron chi connectivity index (χ3n) is 2.56. The van der Waals surface area contributed by atoms with E-state index in [2.05, 4.69) is 24.0 Å². The van der Waals surface area contributed by atoms with E-state index in [4.69, 9.17) is 14.4 Å². The van der Waals surface area contributed by atoms with E-state index in [9.17, 15) is 4.79 Å². The molecule has 0 spiro atoms. The Kier molecular flexibility index (Phi) is 4.34. The van der Waals surface area contributed by atoms with Crippen LogP contribution in [0.3, 0.4) is 0 Å². The van der Waals surface area contributed by atoms with Gasteiger partial charge >= 0.3 is 5.97 Å². The predicted octanol–water partition coefficient (Wildman–Crippen LogP) is 2.55. The van der Waals surface area contributed by atoms with Crippen LogP contribution in [0.25, 0.3) is 0 Å². The third-order valence-corrected chi connectivity index (χ3v) is 2.56. The highest BCUT2D eigenvalue weighted by Gasteiger charge is 2.09. The molecule has 2 aromatic rings. The summed E-state index contributed by atoms with van der Waals surface area (Å²) < 4.78 is 10.5. The van der Waals surface area contributed by atoms with E-state index in [-0.39, 0.29) is 12.2 Å². The van der Waals surface area contributed by atoms with Crippen LogP contribution >= 0.6 is 0 Å². The van der Waals surface area contributed by atoms with Crippen molar-refractivity contribution < 1.29 is 19.2 Å². The number of carboxylic acid groups (broad SMARTS) is 1. The molecule has 0 aliphatic carbocycles. The largest absolute Gasteiger partial charge is 0.484 e. The Hall–Kier alpha value is -2.37. The Morgan fingerprint density at radius 3 is 2.65 bits per heavy atom. The van der Waals surface area contributed by atoms with Crippen molar-refractivity contribution in [3.05, 3.63) is 41.5 Å². The summed E-state index contributed by atoms with van der Waals surface area (Å²) in [6.45, 7) is 4.32. The van der Waals surface area contributed by atoms with Crippen LogP contribution in [0.1, 0.15) is 35.9 Å². The van der Waals surface area contributed by atoms with E-state index in [0.717, 1.165) is 6.42 Å². The molecular formula is C14H16N2O4. The van der Waals surface area contributed by atoms with Gasteiger partial charge in [0.15, 0.2) is 12.4 Å². The molecule has 0 aliphatic rings. The van der Waals surface area contributed by atoms with Crippen molar-refractivity contribution in [3.63, 3.8) is 0 Å². The number of hydrogen-bond acceptors (Lipinski definition) is 5. The number of carboxylic acids is 1. The summed E-state index contributed by atoms with van der Waals surface area (Å²) in [6, 6.07) is 6.15. The van der Waals surface area contributed by atoms with Crippen LogP contribution in [0, 0.1) is 5.92 Å². The first-order valence-electron chi connectivity index (χ1n) is 6.32. The van der Waals surface area contributed by atoms with Gasteiger partial charge in [0.25, 0.3) is 5.89 Å². The maximum atomic E-state index is 10.7. The number of aromatic nitrogens is 2. The molecule has 20 heavy (non-hydrogen) atoms. The summed E-state index contributed by atoms with van der Waals surface area (Å²) in [6.07, 6.45) is 0.761. The van der Waals surface area contributed by atoms with Crippen LogP contribution in [0.15, 0.2) is 28.8 Å². The first-order valence-corrected chi connectivity index (χ1v) is 6.32. The van der Waals surface area contributed by atoms with Gasteiger partial charge in [0, 0.05) is 6.42 Å². The smallest absolute Gasteiger partial charge is 0.335 e. The maximum absolute atomic E-state index is 10.7. The van der Waals surface area contributed by atoms with E-state index in [1.165, 1.54) is 12.1 Å². The third kappa shape index (κ3) is 3.81. The second kappa shape index (κ2) is 6.18. The first-order chi connectivity index (χ1) is 9.54. The van der Waals surface area contributed by atoms with E-state index in [1.54, 1.807) is 12.1 Å². The minimum atomic E-state index is -0.966. The average molecular weight is 276 g/mol. The minimum Gasteiger partial charge on any atom is -0.484 e. The number of benzene rings is 1. The summed E-state index contributed by atoms with van der Waals surface area (Å²) >= 11 is 0. The minimum absolute atomic E-state index is 0.164. The molecule has 6 heteroatoms. The molecule has 0 aliphatic heterocycles.